The summed E-state index contributed by atoms with van der Waals surface area (Å²) >= 11 is 0. The molecule has 5 heteroatoms. The first-order chi connectivity index (χ1) is 9.28. The fourth-order valence-electron chi connectivity index (χ4n) is 2.02. The maximum absolute atomic E-state index is 11.1. The number of carbonyl (C=O) groups is 1. The Morgan fingerprint density at radius 3 is 2.58 bits per heavy atom. The van der Waals surface area contributed by atoms with E-state index in [4.69, 9.17) is 4.74 Å². The van der Waals surface area contributed by atoms with Crippen molar-refractivity contribution in [2.75, 3.05) is 45.2 Å². The van der Waals surface area contributed by atoms with Crippen molar-refractivity contribution < 1.29 is 9.53 Å². The van der Waals surface area contributed by atoms with Gasteiger partial charge in [0.2, 0.25) is 5.91 Å². The molecule has 0 atom stereocenters. The minimum absolute atomic E-state index is 0.0163. The second-order valence-electron chi connectivity index (χ2n) is 4.61. The summed E-state index contributed by atoms with van der Waals surface area (Å²) in [6.45, 7) is 4.91. The molecule has 0 unspecified atom stereocenters. The number of rotatable bonds is 5. The summed E-state index contributed by atoms with van der Waals surface area (Å²) in [6, 6.07) is 8.22. The highest BCUT2D eigenvalue weighted by Gasteiger charge is 2.10. The molecule has 2 N–H and O–H groups in total. The van der Waals surface area contributed by atoms with Gasteiger partial charge in [0.1, 0.15) is 0 Å². The van der Waals surface area contributed by atoms with E-state index >= 15 is 0 Å². The number of nitrogens with one attached hydrogen (secondary N) is 2. The zero-order chi connectivity index (χ0) is 13.5. The molecule has 1 aliphatic rings. The van der Waals surface area contributed by atoms with Gasteiger partial charge in [0.25, 0.3) is 0 Å². The van der Waals surface area contributed by atoms with Gasteiger partial charge >= 0.3 is 0 Å². The molecule has 0 bridgehead atoms. The summed E-state index contributed by atoms with van der Waals surface area (Å²) < 4.78 is 5.33. The number of ether oxygens (including phenoxy) is 1. The van der Waals surface area contributed by atoms with Crippen LogP contribution in [0, 0.1) is 0 Å². The van der Waals surface area contributed by atoms with Crippen LogP contribution in [0.25, 0.3) is 0 Å². The molecule has 19 heavy (non-hydrogen) atoms. The molecular weight excluding hydrogens is 242 g/mol. The third kappa shape index (κ3) is 4.54. The van der Waals surface area contributed by atoms with Crippen LogP contribution in [0.3, 0.4) is 0 Å². The summed E-state index contributed by atoms with van der Waals surface area (Å²) in [5.74, 6) is -0.0163. The van der Waals surface area contributed by atoms with Gasteiger partial charge < -0.3 is 15.4 Å². The number of hydrogen-bond acceptors (Lipinski definition) is 4. The Kier molecular flexibility index (Phi) is 5.18. The van der Waals surface area contributed by atoms with Gasteiger partial charge in [0.15, 0.2) is 0 Å². The first-order valence-electron chi connectivity index (χ1n) is 6.61. The first-order valence-corrected chi connectivity index (χ1v) is 6.61. The van der Waals surface area contributed by atoms with Crippen molar-refractivity contribution in [3.8, 4) is 0 Å². The summed E-state index contributed by atoms with van der Waals surface area (Å²) in [5, 5.41) is 5.66. The molecule has 2 rings (SSSR count). The molecule has 1 heterocycles. The van der Waals surface area contributed by atoms with Crippen molar-refractivity contribution in [1.29, 1.82) is 0 Å². The monoisotopic (exact) mass is 263 g/mol. The highest BCUT2D eigenvalue weighted by Crippen LogP contribution is 2.12. The van der Waals surface area contributed by atoms with Crippen LogP contribution < -0.4 is 10.6 Å². The Morgan fingerprint density at radius 2 is 1.95 bits per heavy atom. The molecule has 1 aromatic carbocycles. The van der Waals surface area contributed by atoms with E-state index in [1.54, 1.807) is 7.05 Å². The van der Waals surface area contributed by atoms with Crippen molar-refractivity contribution in [2.24, 2.45) is 0 Å². The Hall–Kier alpha value is -1.59. The summed E-state index contributed by atoms with van der Waals surface area (Å²) in [6.07, 6.45) is 0. The predicted octanol–water partition coefficient (Wildman–Crippen LogP) is 0.677. The van der Waals surface area contributed by atoms with Crippen molar-refractivity contribution in [1.82, 2.24) is 10.2 Å². The lowest BCUT2D eigenvalue weighted by Gasteiger charge is -2.26. The Bertz CT molecular complexity index is 400. The molecule has 1 aliphatic heterocycles. The number of hydrogen-bond donors (Lipinski definition) is 2. The van der Waals surface area contributed by atoms with E-state index in [1.807, 2.05) is 12.1 Å². The van der Waals surface area contributed by atoms with Gasteiger partial charge in [0.05, 0.1) is 19.8 Å². The second kappa shape index (κ2) is 7.11. The van der Waals surface area contributed by atoms with E-state index in [9.17, 15) is 4.79 Å². The molecule has 1 saturated heterocycles. The lowest BCUT2D eigenvalue weighted by molar-refractivity contribution is -0.118. The molecule has 1 fully saturated rings. The van der Waals surface area contributed by atoms with Crippen molar-refractivity contribution in [2.45, 2.75) is 6.54 Å². The highest BCUT2D eigenvalue weighted by molar-refractivity contribution is 5.80. The number of amides is 1. The van der Waals surface area contributed by atoms with Gasteiger partial charge in [0, 0.05) is 32.4 Å². The van der Waals surface area contributed by atoms with Crippen LogP contribution in [0.15, 0.2) is 24.3 Å². The Balaban J connectivity index is 1.82. The average Bonchev–Trinajstić information content (AvgIpc) is 2.47. The Labute approximate surface area is 113 Å². The van der Waals surface area contributed by atoms with Crippen molar-refractivity contribution in [3.63, 3.8) is 0 Å². The molecule has 1 amide bonds. The van der Waals surface area contributed by atoms with Crippen molar-refractivity contribution >= 4 is 11.6 Å². The maximum atomic E-state index is 11.1. The van der Waals surface area contributed by atoms with E-state index in [-0.39, 0.29) is 5.91 Å². The van der Waals surface area contributed by atoms with E-state index in [0.717, 1.165) is 38.5 Å². The van der Waals surface area contributed by atoms with Gasteiger partial charge in [-0.05, 0) is 17.7 Å². The molecule has 1 aromatic rings. The number of anilines is 1. The van der Waals surface area contributed by atoms with Gasteiger partial charge in [-0.3, -0.25) is 9.69 Å². The van der Waals surface area contributed by atoms with Gasteiger partial charge in [-0.1, -0.05) is 12.1 Å². The maximum Gasteiger partial charge on any atom is 0.239 e. The molecule has 0 aliphatic carbocycles. The SMILES string of the molecule is CNC(=O)CNc1ccc(CN2CCOCC2)cc1. The number of morpholine rings is 1. The zero-order valence-corrected chi connectivity index (χ0v) is 11.3. The van der Waals surface area contributed by atoms with Crippen LogP contribution in [-0.2, 0) is 16.1 Å². The summed E-state index contributed by atoms with van der Waals surface area (Å²) in [5.41, 5.74) is 2.25. The second-order valence-corrected chi connectivity index (χ2v) is 4.61. The number of likely N-dealkylation sites (N-methyl/N-ethyl adjacent to an activating group) is 1. The number of carbonyl (C=O) groups excluding carboxylic acids is 1. The third-order valence-electron chi connectivity index (χ3n) is 3.20. The first kappa shape index (κ1) is 13.8. The minimum atomic E-state index is -0.0163. The minimum Gasteiger partial charge on any atom is -0.379 e. The topological polar surface area (TPSA) is 53.6 Å². The molecular formula is C14H21N3O2. The highest BCUT2D eigenvalue weighted by atomic mass is 16.5. The standard InChI is InChI=1S/C14H21N3O2/c1-15-14(18)10-16-13-4-2-12(3-5-13)11-17-6-8-19-9-7-17/h2-5,16H,6-11H2,1H3,(H,15,18). The molecule has 5 nitrogen and oxygen atoms in total. The molecule has 0 spiro atoms. The lowest BCUT2D eigenvalue weighted by Crippen LogP contribution is -2.35. The molecule has 104 valence electrons. The van der Waals surface area contributed by atoms with Gasteiger partial charge in [-0.15, -0.1) is 0 Å². The van der Waals surface area contributed by atoms with Crippen LogP contribution in [0.2, 0.25) is 0 Å². The summed E-state index contributed by atoms with van der Waals surface area (Å²) in [4.78, 5) is 13.5. The lowest BCUT2D eigenvalue weighted by atomic mass is 10.2. The van der Waals surface area contributed by atoms with E-state index in [2.05, 4.69) is 27.7 Å². The Morgan fingerprint density at radius 1 is 1.26 bits per heavy atom. The average molecular weight is 263 g/mol. The molecule has 0 radical (unpaired) electrons. The zero-order valence-electron chi connectivity index (χ0n) is 11.3. The van der Waals surface area contributed by atoms with Crippen LogP contribution in [0.1, 0.15) is 5.56 Å². The van der Waals surface area contributed by atoms with Crippen LogP contribution >= 0.6 is 0 Å². The van der Waals surface area contributed by atoms with Crippen LogP contribution in [0.4, 0.5) is 5.69 Å². The normalized spacial score (nSPS) is 16.1. The molecule has 0 aromatic heterocycles. The van der Waals surface area contributed by atoms with Crippen LogP contribution in [-0.4, -0.2) is 50.7 Å². The van der Waals surface area contributed by atoms with E-state index < -0.39 is 0 Å². The predicted molar refractivity (Wildman–Crippen MR) is 75.1 cm³/mol. The van der Waals surface area contributed by atoms with Gasteiger partial charge in [-0.2, -0.15) is 0 Å². The quantitative estimate of drug-likeness (QED) is 0.820. The fraction of sp³-hybridized carbons (Fsp3) is 0.500. The van der Waals surface area contributed by atoms with E-state index in [0.29, 0.717) is 6.54 Å². The third-order valence-corrected chi connectivity index (χ3v) is 3.20. The van der Waals surface area contributed by atoms with Gasteiger partial charge in [-0.25, -0.2) is 0 Å². The largest absolute Gasteiger partial charge is 0.379 e. The smallest absolute Gasteiger partial charge is 0.239 e. The number of benzene rings is 1. The van der Waals surface area contributed by atoms with E-state index in [1.165, 1.54) is 5.56 Å². The number of nitrogens with zero attached hydrogens (tertiary/aromatic N) is 1. The molecule has 0 saturated carbocycles. The van der Waals surface area contributed by atoms with Crippen LogP contribution in [0.5, 0.6) is 0 Å². The fourth-order valence-corrected chi connectivity index (χ4v) is 2.02. The summed E-state index contributed by atoms with van der Waals surface area (Å²) in [7, 11) is 1.63. The van der Waals surface area contributed by atoms with Crippen molar-refractivity contribution in [3.05, 3.63) is 29.8 Å².